The van der Waals surface area contributed by atoms with Crippen LogP contribution in [0.5, 0.6) is 0 Å². The molecule has 1 aromatic carbocycles. The summed E-state index contributed by atoms with van der Waals surface area (Å²) in [7, 11) is 4.76. The Balaban J connectivity index is 3.10. The first kappa shape index (κ1) is 17.1. The second-order valence-electron chi connectivity index (χ2n) is 4.70. The molecule has 0 atom stereocenters. The van der Waals surface area contributed by atoms with Gasteiger partial charge in [0.05, 0.1) is 23.5 Å². The topological polar surface area (TPSA) is 55.8 Å². The van der Waals surface area contributed by atoms with E-state index >= 15 is 0 Å². The SMILES string of the molecule is CN(CCO)C(=O)Nc1cc(C(F)(F)F)ccc1N(C)C. The summed E-state index contributed by atoms with van der Waals surface area (Å²) in [5.41, 5.74) is -0.327. The van der Waals surface area contributed by atoms with Crippen molar-refractivity contribution in [1.82, 2.24) is 4.90 Å². The number of likely N-dealkylation sites (N-methyl/N-ethyl adjacent to an activating group) is 1. The Kier molecular flexibility index (Phi) is 5.42. The molecule has 0 spiro atoms. The number of urea groups is 1. The number of aliphatic hydroxyl groups is 1. The summed E-state index contributed by atoms with van der Waals surface area (Å²) in [5, 5.41) is 11.2. The van der Waals surface area contributed by atoms with Crippen LogP contribution in [0.15, 0.2) is 18.2 Å². The normalized spacial score (nSPS) is 11.2. The molecule has 118 valence electrons. The smallest absolute Gasteiger partial charge is 0.395 e. The molecular weight excluding hydrogens is 287 g/mol. The maximum Gasteiger partial charge on any atom is 0.416 e. The van der Waals surface area contributed by atoms with Gasteiger partial charge in [-0.25, -0.2) is 4.79 Å². The predicted molar refractivity (Wildman–Crippen MR) is 74.5 cm³/mol. The lowest BCUT2D eigenvalue weighted by Crippen LogP contribution is -2.34. The Morgan fingerprint density at radius 2 is 1.90 bits per heavy atom. The van der Waals surface area contributed by atoms with Crippen LogP contribution in [0.25, 0.3) is 0 Å². The van der Waals surface area contributed by atoms with Crippen LogP contribution in [0, 0.1) is 0 Å². The van der Waals surface area contributed by atoms with E-state index in [-0.39, 0.29) is 18.8 Å². The summed E-state index contributed by atoms with van der Waals surface area (Å²) < 4.78 is 38.2. The van der Waals surface area contributed by atoms with Crippen molar-refractivity contribution in [1.29, 1.82) is 0 Å². The van der Waals surface area contributed by atoms with E-state index < -0.39 is 17.8 Å². The molecule has 0 fully saturated rings. The van der Waals surface area contributed by atoms with Gasteiger partial charge in [0.25, 0.3) is 0 Å². The molecule has 0 heterocycles. The third-order valence-corrected chi connectivity index (χ3v) is 2.83. The number of nitrogens with one attached hydrogen (secondary N) is 1. The highest BCUT2D eigenvalue weighted by Crippen LogP contribution is 2.34. The minimum absolute atomic E-state index is 0.0598. The van der Waals surface area contributed by atoms with E-state index in [1.807, 2.05) is 0 Å². The highest BCUT2D eigenvalue weighted by molar-refractivity contribution is 5.93. The average molecular weight is 305 g/mol. The first-order valence-electron chi connectivity index (χ1n) is 6.18. The van der Waals surface area contributed by atoms with Gasteiger partial charge in [-0.15, -0.1) is 0 Å². The Morgan fingerprint density at radius 3 is 2.38 bits per heavy atom. The molecular formula is C13H18F3N3O2. The number of halogens is 3. The largest absolute Gasteiger partial charge is 0.416 e. The second kappa shape index (κ2) is 6.66. The van der Waals surface area contributed by atoms with Crippen molar-refractivity contribution in [2.75, 3.05) is 44.5 Å². The summed E-state index contributed by atoms with van der Waals surface area (Å²) in [6.07, 6.45) is -4.48. The van der Waals surface area contributed by atoms with E-state index in [1.54, 1.807) is 19.0 Å². The zero-order valence-corrected chi connectivity index (χ0v) is 12.0. The molecule has 1 rings (SSSR count). The minimum atomic E-state index is -4.48. The molecule has 21 heavy (non-hydrogen) atoms. The van der Waals surface area contributed by atoms with E-state index in [0.29, 0.717) is 5.69 Å². The van der Waals surface area contributed by atoms with Crippen LogP contribution in [0.4, 0.5) is 29.3 Å². The molecule has 8 heteroatoms. The molecule has 0 unspecified atom stereocenters. The maximum absolute atomic E-state index is 12.7. The van der Waals surface area contributed by atoms with Crippen molar-refractivity contribution in [3.05, 3.63) is 23.8 Å². The second-order valence-corrected chi connectivity index (χ2v) is 4.70. The fourth-order valence-electron chi connectivity index (χ4n) is 1.66. The Bertz CT molecular complexity index is 504. The fourth-order valence-corrected chi connectivity index (χ4v) is 1.66. The number of aliphatic hydroxyl groups excluding tert-OH is 1. The first-order valence-corrected chi connectivity index (χ1v) is 6.18. The molecule has 0 saturated carbocycles. The number of carbonyl (C=O) groups excluding carboxylic acids is 1. The van der Waals surface area contributed by atoms with Gasteiger partial charge in [-0.3, -0.25) is 0 Å². The molecule has 2 amide bonds. The van der Waals surface area contributed by atoms with Crippen LogP contribution in [0.1, 0.15) is 5.56 Å². The van der Waals surface area contributed by atoms with E-state index in [4.69, 9.17) is 5.11 Å². The van der Waals surface area contributed by atoms with Crippen LogP contribution in [-0.2, 0) is 6.18 Å². The lowest BCUT2D eigenvalue weighted by atomic mass is 10.1. The summed E-state index contributed by atoms with van der Waals surface area (Å²) in [6.45, 7) is -0.144. The lowest BCUT2D eigenvalue weighted by molar-refractivity contribution is -0.137. The van der Waals surface area contributed by atoms with E-state index in [2.05, 4.69) is 5.32 Å². The Labute approximate surface area is 121 Å². The summed E-state index contributed by atoms with van der Waals surface area (Å²) in [5.74, 6) is 0. The van der Waals surface area contributed by atoms with E-state index in [9.17, 15) is 18.0 Å². The van der Waals surface area contributed by atoms with Gasteiger partial charge in [0, 0.05) is 27.7 Å². The molecule has 0 radical (unpaired) electrons. The number of hydrogen-bond acceptors (Lipinski definition) is 3. The third kappa shape index (κ3) is 4.52. The van der Waals surface area contributed by atoms with Crippen molar-refractivity contribution < 1.29 is 23.1 Å². The molecule has 5 nitrogen and oxygen atoms in total. The molecule has 2 N–H and O–H groups in total. The van der Waals surface area contributed by atoms with E-state index in [1.165, 1.54) is 18.0 Å². The van der Waals surface area contributed by atoms with E-state index in [0.717, 1.165) is 12.1 Å². The molecule has 0 bridgehead atoms. The Morgan fingerprint density at radius 1 is 1.29 bits per heavy atom. The zero-order chi connectivity index (χ0) is 16.2. The van der Waals surface area contributed by atoms with Crippen molar-refractivity contribution in [2.24, 2.45) is 0 Å². The minimum Gasteiger partial charge on any atom is -0.395 e. The first-order chi connectivity index (χ1) is 9.66. The molecule has 0 saturated heterocycles. The number of nitrogens with zero attached hydrogens (tertiary/aromatic N) is 2. The van der Waals surface area contributed by atoms with Crippen LogP contribution in [0.2, 0.25) is 0 Å². The van der Waals surface area contributed by atoms with Gasteiger partial charge in [0.2, 0.25) is 0 Å². The van der Waals surface area contributed by atoms with Gasteiger partial charge in [0.15, 0.2) is 0 Å². The number of benzene rings is 1. The van der Waals surface area contributed by atoms with Crippen molar-refractivity contribution >= 4 is 17.4 Å². The third-order valence-electron chi connectivity index (χ3n) is 2.83. The van der Waals surface area contributed by atoms with Crippen LogP contribution >= 0.6 is 0 Å². The van der Waals surface area contributed by atoms with Crippen LogP contribution in [-0.4, -0.2) is 50.3 Å². The fraction of sp³-hybridized carbons (Fsp3) is 0.462. The number of alkyl halides is 3. The van der Waals surface area contributed by atoms with Gasteiger partial charge in [-0.1, -0.05) is 0 Å². The van der Waals surface area contributed by atoms with Crippen molar-refractivity contribution in [3.8, 4) is 0 Å². The van der Waals surface area contributed by atoms with Crippen LogP contribution in [0.3, 0.4) is 0 Å². The summed E-state index contributed by atoms with van der Waals surface area (Å²) in [6, 6.07) is 2.55. The summed E-state index contributed by atoms with van der Waals surface area (Å²) >= 11 is 0. The van der Waals surface area contributed by atoms with Crippen molar-refractivity contribution in [3.63, 3.8) is 0 Å². The summed E-state index contributed by atoms with van der Waals surface area (Å²) in [4.78, 5) is 14.6. The molecule has 0 aliphatic carbocycles. The lowest BCUT2D eigenvalue weighted by Gasteiger charge is -2.22. The molecule has 1 aromatic rings. The van der Waals surface area contributed by atoms with Gasteiger partial charge in [0.1, 0.15) is 0 Å². The maximum atomic E-state index is 12.7. The molecule has 0 aliphatic rings. The Hall–Kier alpha value is -1.96. The number of carbonyl (C=O) groups is 1. The predicted octanol–water partition coefficient (Wildman–Crippen LogP) is 2.23. The average Bonchev–Trinajstić information content (AvgIpc) is 2.37. The highest BCUT2D eigenvalue weighted by atomic mass is 19.4. The number of anilines is 2. The molecule has 0 aromatic heterocycles. The number of amides is 2. The van der Waals surface area contributed by atoms with Crippen LogP contribution < -0.4 is 10.2 Å². The molecule has 0 aliphatic heterocycles. The van der Waals surface area contributed by atoms with Gasteiger partial charge < -0.3 is 20.2 Å². The van der Waals surface area contributed by atoms with Gasteiger partial charge in [-0.05, 0) is 18.2 Å². The quantitative estimate of drug-likeness (QED) is 0.897. The van der Waals surface area contributed by atoms with Crippen molar-refractivity contribution in [2.45, 2.75) is 6.18 Å². The highest BCUT2D eigenvalue weighted by Gasteiger charge is 2.31. The van der Waals surface area contributed by atoms with Gasteiger partial charge >= 0.3 is 12.2 Å². The number of rotatable bonds is 4. The van der Waals surface area contributed by atoms with Gasteiger partial charge in [-0.2, -0.15) is 13.2 Å². The zero-order valence-electron chi connectivity index (χ0n) is 12.0. The number of hydrogen-bond donors (Lipinski definition) is 2. The standard InChI is InChI=1S/C13H18F3N3O2/c1-18(2)11-5-4-9(13(14,15)16)8-10(11)17-12(21)19(3)6-7-20/h4-5,8,20H,6-7H2,1-3H3,(H,17,21). The monoisotopic (exact) mass is 305 g/mol.